The fourth-order valence-corrected chi connectivity index (χ4v) is 2.48. The fourth-order valence-electron chi connectivity index (χ4n) is 1.83. The van der Waals surface area contributed by atoms with Crippen LogP contribution in [0.3, 0.4) is 0 Å². The highest BCUT2D eigenvalue weighted by Crippen LogP contribution is 2.32. The number of rotatable bonds is 5. The third-order valence-corrected chi connectivity index (χ3v) is 3.63. The first-order valence-corrected chi connectivity index (χ1v) is 7.23. The molecule has 0 aliphatic heterocycles. The molecule has 2 rings (SSSR count). The van der Waals surface area contributed by atoms with E-state index >= 15 is 0 Å². The van der Waals surface area contributed by atoms with Gasteiger partial charge in [-0.05, 0) is 24.3 Å². The van der Waals surface area contributed by atoms with E-state index in [4.69, 9.17) is 44.3 Å². The predicted molar refractivity (Wildman–Crippen MR) is 83.3 cm³/mol. The van der Waals surface area contributed by atoms with Gasteiger partial charge >= 0.3 is 0 Å². The maximum Gasteiger partial charge on any atom is 0.142 e. The van der Waals surface area contributed by atoms with E-state index in [9.17, 15) is 0 Å². The summed E-state index contributed by atoms with van der Waals surface area (Å²) in [6.07, 6.45) is 0. The van der Waals surface area contributed by atoms with Crippen molar-refractivity contribution in [1.29, 1.82) is 0 Å². The first kappa shape index (κ1) is 15.3. The van der Waals surface area contributed by atoms with Crippen LogP contribution in [-0.4, -0.2) is 7.11 Å². The summed E-state index contributed by atoms with van der Waals surface area (Å²) in [5.74, 6) is 1.64. The second-order valence-corrected chi connectivity index (χ2v) is 5.22. The number of para-hydroxylation sites is 1. The Hall–Kier alpha value is -1.09. The van der Waals surface area contributed by atoms with Gasteiger partial charge in [-0.15, -0.1) is 11.6 Å². The molecule has 0 saturated heterocycles. The van der Waals surface area contributed by atoms with Crippen molar-refractivity contribution in [2.75, 3.05) is 7.11 Å². The molecule has 0 radical (unpaired) electrons. The zero-order chi connectivity index (χ0) is 14.5. The van der Waals surface area contributed by atoms with Gasteiger partial charge in [0, 0.05) is 16.1 Å². The Morgan fingerprint density at radius 1 is 1.05 bits per heavy atom. The van der Waals surface area contributed by atoms with Crippen molar-refractivity contribution < 1.29 is 9.47 Å². The van der Waals surface area contributed by atoms with Crippen molar-refractivity contribution >= 4 is 34.8 Å². The van der Waals surface area contributed by atoms with E-state index in [1.807, 2.05) is 12.1 Å². The van der Waals surface area contributed by atoms with E-state index in [0.717, 1.165) is 11.1 Å². The van der Waals surface area contributed by atoms with Crippen LogP contribution in [0, 0.1) is 0 Å². The lowest BCUT2D eigenvalue weighted by atomic mass is 10.2. The van der Waals surface area contributed by atoms with Gasteiger partial charge in [0.25, 0.3) is 0 Å². The average molecular weight is 332 g/mol. The Kier molecular flexibility index (Phi) is 5.41. The minimum Gasteiger partial charge on any atom is -0.496 e. The summed E-state index contributed by atoms with van der Waals surface area (Å²) in [7, 11) is 1.60. The molecule has 0 heterocycles. The van der Waals surface area contributed by atoms with Crippen LogP contribution in [0.4, 0.5) is 0 Å². The highest BCUT2D eigenvalue weighted by Gasteiger charge is 2.10. The van der Waals surface area contributed by atoms with Gasteiger partial charge in [-0.1, -0.05) is 35.3 Å². The highest BCUT2D eigenvalue weighted by molar-refractivity contribution is 6.32. The number of methoxy groups -OCH3 is 1. The van der Waals surface area contributed by atoms with Crippen molar-refractivity contribution in [3.63, 3.8) is 0 Å². The third-order valence-electron chi connectivity index (χ3n) is 2.81. The molecular formula is C15H13Cl3O2. The van der Waals surface area contributed by atoms with Crippen molar-refractivity contribution in [3.05, 3.63) is 57.6 Å². The van der Waals surface area contributed by atoms with E-state index in [1.165, 1.54) is 0 Å². The molecule has 0 atom stereocenters. The molecule has 20 heavy (non-hydrogen) atoms. The van der Waals surface area contributed by atoms with Crippen molar-refractivity contribution in [2.45, 2.75) is 12.5 Å². The normalized spacial score (nSPS) is 10.4. The van der Waals surface area contributed by atoms with E-state index in [2.05, 4.69) is 0 Å². The Bertz CT molecular complexity index is 600. The van der Waals surface area contributed by atoms with Gasteiger partial charge in [0.1, 0.15) is 18.1 Å². The molecule has 0 aliphatic carbocycles. The van der Waals surface area contributed by atoms with Crippen LogP contribution in [0.1, 0.15) is 11.1 Å². The molecule has 0 aromatic heterocycles. The van der Waals surface area contributed by atoms with E-state index in [0.29, 0.717) is 34.0 Å². The fraction of sp³-hybridized carbons (Fsp3) is 0.200. The molecule has 2 nitrogen and oxygen atoms in total. The van der Waals surface area contributed by atoms with Crippen LogP contribution < -0.4 is 9.47 Å². The molecule has 5 heteroatoms. The summed E-state index contributed by atoms with van der Waals surface area (Å²) in [5, 5.41) is 1.16. The summed E-state index contributed by atoms with van der Waals surface area (Å²) in [4.78, 5) is 0. The lowest BCUT2D eigenvalue weighted by molar-refractivity contribution is 0.295. The van der Waals surface area contributed by atoms with Crippen molar-refractivity contribution in [3.8, 4) is 11.5 Å². The summed E-state index contributed by atoms with van der Waals surface area (Å²) in [5.41, 5.74) is 1.70. The standard InChI is InChI=1S/C15H13Cl3O2/c1-19-14-6-5-12(17)7-11(14)9-20-15-10(8-16)3-2-4-13(15)18/h2-7H,8-9H2,1H3. The van der Waals surface area contributed by atoms with E-state index in [-0.39, 0.29) is 0 Å². The van der Waals surface area contributed by atoms with Crippen LogP contribution in [0.15, 0.2) is 36.4 Å². The van der Waals surface area contributed by atoms with Gasteiger partial charge in [-0.3, -0.25) is 0 Å². The van der Waals surface area contributed by atoms with Gasteiger partial charge in [0.15, 0.2) is 0 Å². The van der Waals surface area contributed by atoms with Gasteiger partial charge in [0.2, 0.25) is 0 Å². The molecule has 0 bridgehead atoms. The zero-order valence-electron chi connectivity index (χ0n) is 10.8. The van der Waals surface area contributed by atoms with E-state index < -0.39 is 0 Å². The molecule has 0 unspecified atom stereocenters. The minimum absolute atomic E-state index is 0.303. The molecule has 0 N–H and O–H groups in total. The van der Waals surface area contributed by atoms with Crippen LogP contribution in [0.25, 0.3) is 0 Å². The summed E-state index contributed by atoms with van der Waals surface area (Å²) in [6, 6.07) is 10.9. The summed E-state index contributed by atoms with van der Waals surface area (Å²) >= 11 is 18.0. The monoisotopic (exact) mass is 330 g/mol. The number of hydrogen-bond acceptors (Lipinski definition) is 2. The molecule has 0 saturated carbocycles. The topological polar surface area (TPSA) is 18.5 Å². The quantitative estimate of drug-likeness (QED) is 0.690. The second kappa shape index (κ2) is 7.07. The Labute approximate surface area is 133 Å². The van der Waals surface area contributed by atoms with Gasteiger partial charge < -0.3 is 9.47 Å². The molecule has 0 fully saturated rings. The molecule has 2 aromatic rings. The largest absolute Gasteiger partial charge is 0.496 e. The maximum absolute atomic E-state index is 6.14. The first-order valence-electron chi connectivity index (χ1n) is 5.94. The van der Waals surface area contributed by atoms with Crippen molar-refractivity contribution in [2.24, 2.45) is 0 Å². The van der Waals surface area contributed by atoms with Gasteiger partial charge in [0.05, 0.1) is 18.0 Å². The third kappa shape index (κ3) is 3.51. The molecule has 0 aliphatic rings. The van der Waals surface area contributed by atoms with Crippen LogP contribution in [-0.2, 0) is 12.5 Å². The number of alkyl halides is 1. The van der Waals surface area contributed by atoms with E-state index in [1.54, 1.807) is 31.4 Å². The Morgan fingerprint density at radius 2 is 1.85 bits per heavy atom. The van der Waals surface area contributed by atoms with Gasteiger partial charge in [-0.25, -0.2) is 0 Å². The molecule has 106 valence electrons. The van der Waals surface area contributed by atoms with Gasteiger partial charge in [-0.2, -0.15) is 0 Å². The first-order chi connectivity index (χ1) is 9.65. The summed E-state index contributed by atoms with van der Waals surface area (Å²) < 4.78 is 11.1. The molecule has 2 aromatic carbocycles. The Balaban J connectivity index is 2.23. The Morgan fingerprint density at radius 3 is 2.55 bits per heavy atom. The number of halogens is 3. The van der Waals surface area contributed by atoms with Crippen LogP contribution >= 0.6 is 34.8 Å². The smallest absolute Gasteiger partial charge is 0.142 e. The minimum atomic E-state index is 0.303. The van der Waals surface area contributed by atoms with Crippen LogP contribution in [0.5, 0.6) is 11.5 Å². The predicted octanol–water partition coefficient (Wildman–Crippen LogP) is 5.32. The maximum atomic E-state index is 6.14. The highest BCUT2D eigenvalue weighted by atomic mass is 35.5. The molecule has 0 spiro atoms. The average Bonchev–Trinajstić information content (AvgIpc) is 2.46. The lowest BCUT2D eigenvalue weighted by Gasteiger charge is -2.14. The number of hydrogen-bond donors (Lipinski definition) is 0. The SMILES string of the molecule is COc1ccc(Cl)cc1COc1c(Cl)cccc1CCl. The zero-order valence-corrected chi connectivity index (χ0v) is 13.1. The van der Waals surface area contributed by atoms with Crippen molar-refractivity contribution in [1.82, 2.24) is 0 Å². The number of ether oxygens (including phenoxy) is 2. The molecular weight excluding hydrogens is 319 g/mol. The summed E-state index contributed by atoms with van der Waals surface area (Å²) in [6.45, 7) is 0.303. The number of benzene rings is 2. The second-order valence-electron chi connectivity index (χ2n) is 4.11. The molecule has 0 amide bonds. The lowest BCUT2D eigenvalue weighted by Crippen LogP contribution is -2.01. The van der Waals surface area contributed by atoms with Crippen LogP contribution in [0.2, 0.25) is 10.0 Å².